The van der Waals surface area contributed by atoms with Crippen LogP contribution in [0.2, 0.25) is 0 Å². The predicted molar refractivity (Wildman–Crippen MR) is 66.6 cm³/mol. The Morgan fingerprint density at radius 3 is 2.75 bits per heavy atom. The summed E-state index contributed by atoms with van der Waals surface area (Å²) in [4.78, 5) is 2.27. The minimum atomic E-state index is 0.0243. The van der Waals surface area contributed by atoms with Gasteiger partial charge in [0.15, 0.2) is 0 Å². The quantitative estimate of drug-likeness (QED) is 0.756. The largest absolute Gasteiger partial charge is 0.374 e. The van der Waals surface area contributed by atoms with Gasteiger partial charge in [0.1, 0.15) is 0 Å². The highest BCUT2D eigenvalue weighted by molar-refractivity contribution is 5.59. The van der Waals surface area contributed by atoms with E-state index < -0.39 is 0 Å². The van der Waals surface area contributed by atoms with Crippen LogP contribution in [0.3, 0.4) is 0 Å². The molecule has 1 aromatic rings. The van der Waals surface area contributed by atoms with Crippen molar-refractivity contribution in [2.75, 3.05) is 18.5 Å². The molecule has 16 heavy (non-hydrogen) atoms. The van der Waals surface area contributed by atoms with Crippen molar-refractivity contribution in [1.82, 2.24) is 0 Å². The van der Waals surface area contributed by atoms with Gasteiger partial charge < -0.3 is 4.90 Å². The molecule has 0 radical (unpaired) electrons. The van der Waals surface area contributed by atoms with Gasteiger partial charge in [-0.05, 0) is 29.5 Å². The van der Waals surface area contributed by atoms with E-state index in [0.29, 0.717) is 5.92 Å². The molecule has 0 aromatic heterocycles. The first-order valence-corrected chi connectivity index (χ1v) is 5.87. The number of hydrogen-bond acceptors (Lipinski definition) is 2. The molecular weight excluding hydrogens is 196 g/mol. The van der Waals surface area contributed by atoms with E-state index >= 15 is 0 Å². The number of likely N-dealkylation sites (N-methyl/N-ethyl adjacent to an activating group) is 1. The van der Waals surface area contributed by atoms with Gasteiger partial charge in [-0.2, -0.15) is 5.26 Å². The van der Waals surface area contributed by atoms with E-state index in [1.54, 1.807) is 0 Å². The molecule has 1 unspecified atom stereocenters. The zero-order valence-electron chi connectivity index (χ0n) is 10.2. The molecule has 2 nitrogen and oxygen atoms in total. The van der Waals surface area contributed by atoms with Gasteiger partial charge in [0.05, 0.1) is 12.0 Å². The van der Waals surface area contributed by atoms with Crippen LogP contribution in [-0.4, -0.2) is 13.6 Å². The maximum atomic E-state index is 9.19. The summed E-state index contributed by atoms with van der Waals surface area (Å²) in [5, 5.41) is 9.19. The van der Waals surface area contributed by atoms with E-state index in [2.05, 4.69) is 50.1 Å². The number of nitriles is 1. The molecule has 1 atom stereocenters. The lowest BCUT2D eigenvalue weighted by Crippen LogP contribution is -2.12. The first-order chi connectivity index (χ1) is 7.63. The van der Waals surface area contributed by atoms with E-state index in [0.717, 1.165) is 13.0 Å². The third-order valence-corrected chi connectivity index (χ3v) is 3.40. The highest BCUT2D eigenvalue weighted by Gasteiger charge is 2.20. The fourth-order valence-electron chi connectivity index (χ4n) is 2.39. The average molecular weight is 214 g/mol. The van der Waals surface area contributed by atoms with Gasteiger partial charge in [-0.25, -0.2) is 0 Å². The summed E-state index contributed by atoms with van der Waals surface area (Å²) in [5.41, 5.74) is 3.89. The maximum Gasteiger partial charge on any atom is 0.0735 e. The number of nitrogens with zero attached hydrogens (tertiary/aromatic N) is 2. The number of rotatable bonds is 2. The fourth-order valence-corrected chi connectivity index (χ4v) is 2.39. The zero-order valence-corrected chi connectivity index (χ0v) is 10.2. The predicted octanol–water partition coefficient (Wildman–Crippen LogP) is 2.94. The molecule has 0 amide bonds. The second kappa shape index (κ2) is 4.17. The minimum Gasteiger partial charge on any atom is -0.374 e. The summed E-state index contributed by atoms with van der Waals surface area (Å²) in [5.74, 6) is 0.401. The molecule has 1 aromatic carbocycles. The Balaban J connectivity index is 2.35. The van der Waals surface area contributed by atoms with Crippen molar-refractivity contribution >= 4 is 5.69 Å². The number of fused-ring (bicyclic) bond motifs is 1. The molecule has 84 valence electrons. The van der Waals surface area contributed by atoms with E-state index in [1.807, 2.05) is 0 Å². The van der Waals surface area contributed by atoms with Gasteiger partial charge >= 0.3 is 0 Å². The molecule has 0 saturated heterocycles. The van der Waals surface area contributed by atoms with Gasteiger partial charge in [-0.1, -0.05) is 26.0 Å². The van der Waals surface area contributed by atoms with Gasteiger partial charge in [0, 0.05) is 19.3 Å². The lowest BCUT2D eigenvalue weighted by molar-refractivity contribution is 0.587. The average Bonchev–Trinajstić information content (AvgIpc) is 2.61. The van der Waals surface area contributed by atoms with Gasteiger partial charge in [0.25, 0.3) is 0 Å². The highest BCUT2D eigenvalue weighted by Crippen LogP contribution is 2.31. The van der Waals surface area contributed by atoms with Crippen LogP contribution in [0.5, 0.6) is 0 Å². The van der Waals surface area contributed by atoms with Crippen molar-refractivity contribution in [2.24, 2.45) is 5.92 Å². The Morgan fingerprint density at radius 2 is 2.12 bits per heavy atom. The van der Waals surface area contributed by atoms with Gasteiger partial charge in [-0.15, -0.1) is 0 Å². The minimum absolute atomic E-state index is 0.0243. The number of hydrogen-bond donors (Lipinski definition) is 0. The SMILES string of the molecule is CC(C)C(C#N)c1ccc2c(c1)CCN2C. The van der Waals surface area contributed by atoms with Crippen molar-refractivity contribution in [1.29, 1.82) is 5.26 Å². The van der Waals surface area contributed by atoms with E-state index in [4.69, 9.17) is 0 Å². The molecule has 0 N–H and O–H groups in total. The first-order valence-electron chi connectivity index (χ1n) is 5.87. The summed E-state index contributed by atoms with van der Waals surface area (Å²) < 4.78 is 0. The standard InChI is InChI=1S/C14H18N2/c1-10(2)13(9-15)11-4-5-14-12(8-11)6-7-16(14)3/h4-5,8,10,13H,6-7H2,1-3H3. The van der Waals surface area contributed by atoms with Crippen LogP contribution in [0.4, 0.5) is 5.69 Å². The van der Waals surface area contributed by atoms with Gasteiger partial charge in [0.2, 0.25) is 0 Å². The molecule has 0 fully saturated rings. The van der Waals surface area contributed by atoms with E-state index in [9.17, 15) is 5.26 Å². The van der Waals surface area contributed by atoms with Crippen LogP contribution >= 0.6 is 0 Å². The first kappa shape index (κ1) is 11.0. The summed E-state index contributed by atoms with van der Waals surface area (Å²) >= 11 is 0. The lowest BCUT2D eigenvalue weighted by Gasteiger charge is -2.16. The van der Waals surface area contributed by atoms with Crippen molar-refractivity contribution in [3.05, 3.63) is 29.3 Å². The van der Waals surface area contributed by atoms with Crippen molar-refractivity contribution in [2.45, 2.75) is 26.2 Å². The van der Waals surface area contributed by atoms with Crippen molar-refractivity contribution in [3.8, 4) is 6.07 Å². The third-order valence-electron chi connectivity index (χ3n) is 3.40. The Kier molecular flexibility index (Phi) is 2.87. The molecule has 2 rings (SSSR count). The summed E-state index contributed by atoms with van der Waals surface area (Å²) in [6, 6.07) is 8.88. The summed E-state index contributed by atoms with van der Waals surface area (Å²) in [7, 11) is 2.12. The lowest BCUT2D eigenvalue weighted by atomic mass is 9.88. The van der Waals surface area contributed by atoms with Crippen LogP contribution in [-0.2, 0) is 6.42 Å². The molecule has 1 aliphatic heterocycles. The maximum absolute atomic E-state index is 9.19. The topological polar surface area (TPSA) is 27.0 Å². The van der Waals surface area contributed by atoms with Crippen molar-refractivity contribution < 1.29 is 0 Å². The highest BCUT2D eigenvalue weighted by atomic mass is 15.1. The number of anilines is 1. The Hall–Kier alpha value is -1.49. The van der Waals surface area contributed by atoms with Crippen LogP contribution in [0.1, 0.15) is 30.9 Å². The molecule has 2 heteroatoms. The Labute approximate surface area is 97.5 Å². The van der Waals surface area contributed by atoms with Gasteiger partial charge in [-0.3, -0.25) is 0 Å². The molecular formula is C14H18N2. The Bertz CT molecular complexity index is 429. The van der Waals surface area contributed by atoms with Crippen LogP contribution in [0, 0.1) is 17.2 Å². The second-order valence-corrected chi connectivity index (χ2v) is 4.91. The third kappa shape index (κ3) is 1.78. The fraction of sp³-hybridized carbons (Fsp3) is 0.500. The second-order valence-electron chi connectivity index (χ2n) is 4.91. The molecule has 0 bridgehead atoms. The smallest absolute Gasteiger partial charge is 0.0735 e. The van der Waals surface area contributed by atoms with Crippen LogP contribution < -0.4 is 4.90 Å². The molecule has 1 aliphatic rings. The normalized spacial score (nSPS) is 16.1. The monoisotopic (exact) mass is 214 g/mol. The molecule has 0 saturated carbocycles. The number of benzene rings is 1. The van der Waals surface area contributed by atoms with Crippen LogP contribution in [0.25, 0.3) is 0 Å². The summed E-state index contributed by atoms with van der Waals surface area (Å²) in [6.07, 6.45) is 1.11. The van der Waals surface area contributed by atoms with Crippen LogP contribution in [0.15, 0.2) is 18.2 Å². The molecule has 0 spiro atoms. The molecule has 1 heterocycles. The van der Waals surface area contributed by atoms with Crippen molar-refractivity contribution in [3.63, 3.8) is 0 Å². The zero-order chi connectivity index (χ0) is 11.7. The van der Waals surface area contributed by atoms with E-state index in [1.165, 1.54) is 16.8 Å². The summed E-state index contributed by atoms with van der Waals surface area (Å²) in [6.45, 7) is 5.30. The van der Waals surface area contributed by atoms with E-state index in [-0.39, 0.29) is 5.92 Å². The Morgan fingerprint density at radius 1 is 1.38 bits per heavy atom. The molecule has 0 aliphatic carbocycles.